The van der Waals surface area contributed by atoms with Gasteiger partial charge in [0.1, 0.15) is 12.6 Å². The fourth-order valence-corrected chi connectivity index (χ4v) is 5.20. The monoisotopic (exact) mass is 527 g/mol. The van der Waals surface area contributed by atoms with Crippen LogP contribution in [0.1, 0.15) is 23.6 Å². The van der Waals surface area contributed by atoms with Crippen LogP contribution in [0.4, 0.5) is 5.69 Å². The van der Waals surface area contributed by atoms with Crippen LogP contribution < -0.4 is 9.62 Å². The molecule has 3 aromatic rings. The van der Waals surface area contributed by atoms with E-state index in [-0.39, 0.29) is 23.0 Å². The molecule has 1 atom stereocenters. The van der Waals surface area contributed by atoms with Crippen LogP contribution in [0.25, 0.3) is 0 Å². The van der Waals surface area contributed by atoms with Crippen molar-refractivity contribution in [2.24, 2.45) is 0 Å². The molecule has 0 bridgehead atoms. The molecule has 3 aromatic carbocycles. The molecule has 0 aliphatic heterocycles. The summed E-state index contributed by atoms with van der Waals surface area (Å²) in [6.07, 6.45) is 0. The van der Waals surface area contributed by atoms with E-state index < -0.39 is 28.5 Å². The summed E-state index contributed by atoms with van der Waals surface area (Å²) >= 11 is 6.03. The molecule has 3 rings (SSSR count). The van der Waals surface area contributed by atoms with Crippen LogP contribution in [0.3, 0.4) is 0 Å². The molecule has 7 nitrogen and oxygen atoms in total. The van der Waals surface area contributed by atoms with Gasteiger partial charge >= 0.3 is 0 Å². The molecule has 0 saturated carbocycles. The number of sulfonamides is 1. The van der Waals surface area contributed by atoms with Crippen LogP contribution in [0.5, 0.6) is 0 Å². The van der Waals surface area contributed by atoms with E-state index in [0.29, 0.717) is 5.02 Å². The number of hydrogen-bond donors (Lipinski definition) is 1. The molecule has 0 aliphatic rings. The Morgan fingerprint density at radius 2 is 1.42 bits per heavy atom. The molecule has 2 amide bonds. The highest BCUT2D eigenvalue weighted by atomic mass is 35.5. The zero-order chi connectivity index (χ0) is 26.5. The van der Waals surface area contributed by atoms with Gasteiger partial charge in [0.05, 0.1) is 10.6 Å². The highest BCUT2D eigenvalue weighted by Crippen LogP contribution is 2.26. The van der Waals surface area contributed by atoms with E-state index in [1.54, 1.807) is 43.3 Å². The summed E-state index contributed by atoms with van der Waals surface area (Å²) in [5, 5.41) is 3.01. The highest BCUT2D eigenvalue weighted by molar-refractivity contribution is 7.92. The summed E-state index contributed by atoms with van der Waals surface area (Å²) in [6.45, 7) is 5.09. The second-order valence-electron chi connectivity index (χ2n) is 8.60. The molecule has 0 spiro atoms. The van der Waals surface area contributed by atoms with E-state index in [4.69, 9.17) is 11.6 Å². The van der Waals surface area contributed by atoms with Crippen molar-refractivity contribution in [3.63, 3.8) is 0 Å². The number of nitrogens with zero attached hydrogens (tertiary/aromatic N) is 2. The molecular formula is C27H30ClN3O4S. The first-order chi connectivity index (χ1) is 17.0. The Bertz CT molecular complexity index is 1310. The number of nitrogens with one attached hydrogen (secondary N) is 1. The number of benzene rings is 3. The number of carbonyl (C=O) groups is 2. The number of anilines is 1. The number of aryl methyl sites for hydroxylation is 2. The molecule has 0 unspecified atom stereocenters. The van der Waals surface area contributed by atoms with Crippen molar-refractivity contribution >= 4 is 39.1 Å². The maximum Gasteiger partial charge on any atom is 0.264 e. The first-order valence-corrected chi connectivity index (χ1v) is 13.3. The van der Waals surface area contributed by atoms with Gasteiger partial charge in [0.2, 0.25) is 11.8 Å². The van der Waals surface area contributed by atoms with Crippen molar-refractivity contribution in [2.45, 2.75) is 38.3 Å². The van der Waals surface area contributed by atoms with Crippen molar-refractivity contribution in [3.8, 4) is 0 Å². The number of likely N-dealkylation sites (N-methyl/N-ethyl adjacent to an activating group) is 1. The normalized spacial score (nSPS) is 12.0. The molecule has 0 radical (unpaired) electrons. The fraction of sp³-hybridized carbons (Fsp3) is 0.259. The SMILES string of the molecule is CNC(=O)[C@@H](C)N(Cc1ccc(C)cc1)C(=O)CN(c1ccc(Cl)cc1)S(=O)(=O)c1ccc(C)cc1. The summed E-state index contributed by atoms with van der Waals surface area (Å²) in [5.41, 5.74) is 3.08. The number of amides is 2. The van der Waals surface area contributed by atoms with Gasteiger partial charge in [0, 0.05) is 18.6 Å². The zero-order valence-electron chi connectivity index (χ0n) is 20.7. The number of hydrogen-bond acceptors (Lipinski definition) is 4. The fourth-order valence-electron chi connectivity index (χ4n) is 3.66. The second kappa shape index (κ2) is 11.6. The Morgan fingerprint density at radius 1 is 0.889 bits per heavy atom. The molecule has 190 valence electrons. The van der Waals surface area contributed by atoms with E-state index >= 15 is 0 Å². The van der Waals surface area contributed by atoms with Gasteiger partial charge < -0.3 is 10.2 Å². The smallest absolute Gasteiger partial charge is 0.264 e. The number of halogens is 1. The van der Waals surface area contributed by atoms with Gasteiger partial charge in [0.25, 0.3) is 10.0 Å². The van der Waals surface area contributed by atoms with E-state index in [0.717, 1.165) is 21.0 Å². The lowest BCUT2D eigenvalue weighted by Gasteiger charge is -2.31. The first kappa shape index (κ1) is 27.2. The van der Waals surface area contributed by atoms with E-state index in [1.165, 1.54) is 24.1 Å². The Morgan fingerprint density at radius 3 is 1.94 bits per heavy atom. The average Bonchev–Trinajstić information content (AvgIpc) is 2.86. The molecule has 1 N–H and O–H groups in total. The quantitative estimate of drug-likeness (QED) is 0.449. The zero-order valence-corrected chi connectivity index (χ0v) is 22.3. The molecular weight excluding hydrogens is 498 g/mol. The summed E-state index contributed by atoms with van der Waals surface area (Å²) in [6, 6.07) is 19.4. The van der Waals surface area contributed by atoms with Gasteiger partial charge in [-0.15, -0.1) is 0 Å². The first-order valence-electron chi connectivity index (χ1n) is 11.4. The van der Waals surface area contributed by atoms with Crippen molar-refractivity contribution in [1.29, 1.82) is 0 Å². The van der Waals surface area contributed by atoms with E-state index in [1.807, 2.05) is 38.1 Å². The van der Waals surface area contributed by atoms with Crippen LogP contribution in [0, 0.1) is 13.8 Å². The maximum absolute atomic E-state index is 13.7. The molecule has 0 aliphatic carbocycles. The lowest BCUT2D eigenvalue weighted by atomic mass is 10.1. The number of rotatable bonds is 9. The third-order valence-electron chi connectivity index (χ3n) is 5.89. The Balaban J connectivity index is 2.01. The lowest BCUT2D eigenvalue weighted by Crippen LogP contribution is -2.50. The van der Waals surface area contributed by atoms with Gasteiger partial charge in [0.15, 0.2) is 0 Å². The van der Waals surface area contributed by atoms with Crippen molar-refractivity contribution < 1.29 is 18.0 Å². The average molecular weight is 528 g/mol. The van der Waals surface area contributed by atoms with Crippen LogP contribution >= 0.6 is 11.6 Å². The van der Waals surface area contributed by atoms with Crippen LogP contribution in [0.15, 0.2) is 77.7 Å². The number of carbonyl (C=O) groups excluding carboxylic acids is 2. The Kier molecular flexibility index (Phi) is 8.76. The largest absolute Gasteiger partial charge is 0.357 e. The minimum Gasteiger partial charge on any atom is -0.357 e. The molecule has 0 fully saturated rings. The predicted octanol–water partition coefficient (Wildman–Crippen LogP) is 4.32. The lowest BCUT2D eigenvalue weighted by molar-refractivity contribution is -0.139. The van der Waals surface area contributed by atoms with Crippen molar-refractivity contribution in [2.75, 3.05) is 17.9 Å². The van der Waals surface area contributed by atoms with Crippen LogP contribution in [-0.4, -0.2) is 44.8 Å². The molecule has 36 heavy (non-hydrogen) atoms. The minimum atomic E-state index is -4.10. The van der Waals surface area contributed by atoms with Gasteiger partial charge in [-0.25, -0.2) is 8.42 Å². The van der Waals surface area contributed by atoms with Crippen LogP contribution in [-0.2, 0) is 26.2 Å². The summed E-state index contributed by atoms with van der Waals surface area (Å²) in [5.74, 6) is -0.868. The second-order valence-corrected chi connectivity index (χ2v) is 10.9. The third kappa shape index (κ3) is 6.44. The van der Waals surface area contributed by atoms with Gasteiger partial charge in [-0.1, -0.05) is 59.1 Å². The predicted molar refractivity (Wildman–Crippen MR) is 142 cm³/mol. The minimum absolute atomic E-state index is 0.0558. The molecule has 0 saturated heterocycles. The molecule has 0 heterocycles. The Hall–Kier alpha value is -3.36. The maximum atomic E-state index is 13.7. The van der Waals surface area contributed by atoms with Crippen LogP contribution in [0.2, 0.25) is 5.02 Å². The Labute approximate surface area is 217 Å². The van der Waals surface area contributed by atoms with E-state index in [2.05, 4.69) is 5.32 Å². The van der Waals surface area contributed by atoms with Crippen molar-refractivity contribution in [3.05, 3.63) is 94.5 Å². The van der Waals surface area contributed by atoms with E-state index in [9.17, 15) is 18.0 Å². The highest BCUT2D eigenvalue weighted by Gasteiger charge is 2.32. The van der Waals surface area contributed by atoms with Gasteiger partial charge in [-0.2, -0.15) is 0 Å². The van der Waals surface area contributed by atoms with Crippen molar-refractivity contribution in [1.82, 2.24) is 10.2 Å². The summed E-state index contributed by atoms with van der Waals surface area (Å²) in [7, 11) is -2.60. The standard InChI is InChI=1S/C27H30ClN3O4S/c1-19-5-9-22(10-6-19)17-30(21(3)27(33)29-4)26(32)18-31(24-13-11-23(28)12-14-24)36(34,35)25-15-7-20(2)8-16-25/h5-16,21H,17-18H2,1-4H3,(H,29,33)/t21-/m1/s1. The molecule has 9 heteroatoms. The van der Waals surface area contributed by atoms with Gasteiger partial charge in [-0.3, -0.25) is 13.9 Å². The summed E-state index contributed by atoms with van der Waals surface area (Å²) in [4.78, 5) is 27.6. The third-order valence-corrected chi connectivity index (χ3v) is 7.93. The topological polar surface area (TPSA) is 86.8 Å². The molecule has 0 aromatic heterocycles. The summed E-state index contributed by atoms with van der Waals surface area (Å²) < 4.78 is 28.4. The van der Waals surface area contributed by atoms with Gasteiger partial charge in [-0.05, 0) is 62.7 Å².